The molecule has 1 amide bonds. The van der Waals surface area contributed by atoms with Crippen LogP contribution in [0, 0.1) is 5.92 Å². The van der Waals surface area contributed by atoms with E-state index in [1.54, 1.807) is 0 Å². The second-order valence-electron chi connectivity index (χ2n) is 6.76. The number of hydrogen-bond acceptors (Lipinski definition) is 2. The Bertz CT molecular complexity index is 528. The van der Waals surface area contributed by atoms with Gasteiger partial charge in [-0.05, 0) is 56.5 Å². The molecule has 128 valence electrons. The molecule has 0 radical (unpaired) electrons. The molecular weight excluding hydrogens is 376 g/mol. The summed E-state index contributed by atoms with van der Waals surface area (Å²) in [7, 11) is 1.99. The van der Waals surface area contributed by atoms with Crippen LogP contribution in [0.3, 0.4) is 0 Å². The van der Waals surface area contributed by atoms with Crippen molar-refractivity contribution < 1.29 is 4.79 Å². The number of carbonyl (C=O) groups is 1. The van der Waals surface area contributed by atoms with Gasteiger partial charge in [-0.1, -0.05) is 40.9 Å². The molecule has 23 heavy (non-hydrogen) atoms. The molecule has 1 aliphatic heterocycles. The second-order valence-corrected chi connectivity index (χ2v) is 7.68. The number of nitrogens with one attached hydrogen (secondary N) is 1. The summed E-state index contributed by atoms with van der Waals surface area (Å²) >= 11 is 3.50. The molecule has 1 heterocycles. The van der Waals surface area contributed by atoms with E-state index in [2.05, 4.69) is 50.4 Å². The third-order valence-corrected chi connectivity index (χ3v) is 5.86. The van der Waals surface area contributed by atoms with Crippen LogP contribution < -0.4 is 5.32 Å². The molecule has 3 rings (SSSR count). The number of benzene rings is 1. The summed E-state index contributed by atoms with van der Waals surface area (Å²) in [4.78, 5) is 15.4. The van der Waals surface area contributed by atoms with Crippen molar-refractivity contribution in [1.29, 1.82) is 0 Å². The number of rotatable bonds is 4. The first kappa shape index (κ1) is 18.8. The van der Waals surface area contributed by atoms with Gasteiger partial charge in [-0.3, -0.25) is 4.79 Å². The van der Waals surface area contributed by atoms with Gasteiger partial charge in [0, 0.05) is 17.6 Å². The molecule has 0 aromatic heterocycles. The number of amides is 1. The summed E-state index contributed by atoms with van der Waals surface area (Å²) in [6.07, 6.45) is 5.45. The Morgan fingerprint density at radius 2 is 1.96 bits per heavy atom. The van der Waals surface area contributed by atoms with E-state index in [1.165, 1.54) is 5.56 Å². The average Bonchev–Trinajstić information content (AvgIpc) is 3.17. The van der Waals surface area contributed by atoms with E-state index in [0.717, 1.165) is 56.2 Å². The molecule has 2 aliphatic rings. The molecular formula is C18H26BrClN2O. The quantitative estimate of drug-likeness (QED) is 0.833. The third kappa shape index (κ3) is 3.75. The van der Waals surface area contributed by atoms with Crippen LogP contribution in [0.2, 0.25) is 0 Å². The Morgan fingerprint density at radius 3 is 2.57 bits per heavy atom. The number of carbonyl (C=O) groups excluding carboxylic acids is 1. The van der Waals surface area contributed by atoms with Crippen molar-refractivity contribution in [3.05, 3.63) is 34.3 Å². The van der Waals surface area contributed by atoms with Gasteiger partial charge in [-0.15, -0.1) is 12.4 Å². The van der Waals surface area contributed by atoms with Crippen LogP contribution >= 0.6 is 28.3 Å². The predicted molar refractivity (Wildman–Crippen MR) is 100 cm³/mol. The molecule has 1 aliphatic carbocycles. The monoisotopic (exact) mass is 400 g/mol. The highest BCUT2D eigenvalue weighted by Gasteiger charge is 2.46. The van der Waals surface area contributed by atoms with Gasteiger partial charge in [-0.2, -0.15) is 0 Å². The maximum atomic E-state index is 13.3. The SMILES string of the molecule is CNCC1CCN(C(=O)C2(c3ccc(Br)cc3)CCCC2)C1.Cl. The lowest BCUT2D eigenvalue weighted by Crippen LogP contribution is -2.44. The standard InChI is InChI=1S/C18H25BrN2O.ClH/c1-20-12-14-8-11-21(13-14)17(22)18(9-2-3-10-18)15-4-6-16(19)7-5-15;/h4-7,14,20H,2-3,8-13H2,1H3;1H. The molecule has 1 aromatic carbocycles. The zero-order valence-corrected chi connectivity index (χ0v) is 16.1. The van der Waals surface area contributed by atoms with Crippen molar-refractivity contribution in [3.8, 4) is 0 Å². The fourth-order valence-corrected chi connectivity index (χ4v) is 4.41. The van der Waals surface area contributed by atoms with Crippen LogP contribution in [-0.2, 0) is 10.2 Å². The maximum Gasteiger partial charge on any atom is 0.233 e. The molecule has 1 N–H and O–H groups in total. The molecule has 1 atom stereocenters. The molecule has 1 saturated carbocycles. The maximum absolute atomic E-state index is 13.3. The number of nitrogens with zero attached hydrogens (tertiary/aromatic N) is 1. The van der Waals surface area contributed by atoms with Crippen molar-refractivity contribution in [3.63, 3.8) is 0 Å². The van der Waals surface area contributed by atoms with Crippen molar-refractivity contribution in [2.75, 3.05) is 26.7 Å². The first-order valence-corrected chi connectivity index (χ1v) is 9.15. The smallest absolute Gasteiger partial charge is 0.233 e. The Morgan fingerprint density at radius 1 is 1.30 bits per heavy atom. The summed E-state index contributed by atoms with van der Waals surface area (Å²) in [5.41, 5.74) is 0.935. The fourth-order valence-electron chi connectivity index (χ4n) is 4.15. The van der Waals surface area contributed by atoms with Crippen LogP contribution in [0.5, 0.6) is 0 Å². The van der Waals surface area contributed by atoms with Gasteiger partial charge in [0.15, 0.2) is 0 Å². The van der Waals surface area contributed by atoms with E-state index < -0.39 is 0 Å². The number of halogens is 2. The van der Waals surface area contributed by atoms with Crippen LogP contribution in [-0.4, -0.2) is 37.5 Å². The summed E-state index contributed by atoms with van der Waals surface area (Å²) in [6.45, 7) is 2.84. The minimum atomic E-state index is -0.269. The largest absolute Gasteiger partial charge is 0.342 e. The molecule has 2 fully saturated rings. The van der Waals surface area contributed by atoms with E-state index in [4.69, 9.17) is 0 Å². The van der Waals surface area contributed by atoms with Gasteiger partial charge in [0.25, 0.3) is 0 Å². The lowest BCUT2D eigenvalue weighted by Gasteiger charge is -2.33. The molecule has 0 bridgehead atoms. The first-order valence-electron chi connectivity index (χ1n) is 8.36. The summed E-state index contributed by atoms with van der Waals surface area (Å²) in [5.74, 6) is 0.975. The lowest BCUT2D eigenvalue weighted by atomic mass is 9.77. The molecule has 1 aromatic rings. The third-order valence-electron chi connectivity index (χ3n) is 5.33. The van der Waals surface area contributed by atoms with Crippen molar-refractivity contribution >= 4 is 34.2 Å². The molecule has 0 spiro atoms. The van der Waals surface area contributed by atoms with Crippen molar-refractivity contribution in [2.45, 2.75) is 37.5 Å². The van der Waals surface area contributed by atoms with Gasteiger partial charge in [0.1, 0.15) is 0 Å². The van der Waals surface area contributed by atoms with E-state index >= 15 is 0 Å². The Labute approximate surface area is 153 Å². The van der Waals surface area contributed by atoms with Gasteiger partial charge in [-0.25, -0.2) is 0 Å². The molecule has 1 saturated heterocycles. The van der Waals surface area contributed by atoms with E-state index in [0.29, 0.717) is 11.8 Å². The highest BCUT2D eigenvalue weighted by Crippen LogP contribution is 2.43. The first-order chi connectivity index (χ1) is 10.7. The van der Waals surface area contributed by atoms with Gasteiger partial charge in [0.05, 0.1) is 5.41 Å². The van der Waals surface area contributed by atoms with Crippen LogP contribution in [0.1, 0.15) is 37.7 Å². The predicted octanol–water partition coefficient (Wildman–Crippen LogP) is 3.75. The normalized spacial score (nSPS) is 22.9. The zero-order chi connectivity index (χ0) is 15.6. The lowest BCUT2D eigenvalue weighted by molar-refractivity contribution is -0.136. The van der Waals surface area contributed by atoms with Gasteiger partial charge < -0.3 is 10.2 Å². The van der Waals surface area contributed by atoms with E-state index in [1.807, 2.05) is 7.05 Å². The van der Waals surface area contributed by atoms with Gasteiger partial charge in [0.2, 0.25) is 5.91 Å². The second kappa shape index (κ2) is 8.00. The molecule has 1 unspecified atom stereocenters. The highest BCUT2D eigenvalue weighted by atomic mass is 79.9. The van der Waals surface area contributed by atoms with Gasteiger partial charge >= 0.3 is 0 Å². The minimum Gasteiger partial charge on any atom is -0.342 e. The minimum absolute atomic E-state index is 0. The van der Waals surface area contributed by atoms with Crippen LogP contribution in [0.25, 0.3) is 0 Å². The number of likely N-dealkylation sites (tertiary alicyclic amines) is 1. The van der Waals surface area contributed by atoms with E-state index in [9.17, 15) is 4.79 Å². The summed E-state index contributed by atoms with van der Waals surface area (Å²) in [6, 6.07) is 8.40. The highest BCUT2D eigenvalue weighted by molar-refractivity contribution is 9.10. The average molecular weight is 402 g/mol. The summed E-state index contributed by atoms with van der Waals surface area (Å²) < 4.78 is 1.08. The Kier molecular flexibility index (Phi) is 6.52. The molecule has 5 heteroatoms. The molecule has 3 nitrogen and oxygen atoms in total. The van der Waals surface area contributed by atoms with Crippen LogP contribution in [0.15, 0.2) is 28.7 Å². The summed E-state index contributed by atoms with van der Waals surface area (Å²) in [5, 5.41) is 3.24. The van der Waals surface area contributed by atoms with Crippen molar-refractivity contribution in [1.82, 2.24) is 10.2 Å². The Balaban J connectivity index is 0.00000192. The van der Waals surface area contributed by atoms with E-state index in [-0.39, 0.29) is 17.8 Å². The van der Waals surface area contributed by atoms with Crippen molar-refractivity contribution in [2.24, 2.45) is 5.92 Å². The topological polar surface area (TPSA) is 32.3 Å². The fraction of sp³-hybridized carbons (Fsp3) is 0.611. The van der Waals surface area contributed by atoms with Crippen LogP contribution in [0.4, 0.5) is 0 Å². The Hall–Kier alpha value is -0.580. The zero-order valence-electron chi connectivity index (χ0n) is 13.7. The number of hydrogen-bond donors (Lipinski definition) is 1.